The molecule has 2 saturated carbocycles. The number of hydrogen-bond donors (Lipinski definition) is 2. The van der Waals surface area contributed by atoms with Crippen LogP contribution < -0.4 is 5.73 Å². The van der Waals surface area contributed by atoms with Crippen LogP contribution in [0, 0.1) is 5.92 Å². The molecule has 0 atom stereocenters. The summed E-state index contributed by atoms with van der Waals surface area (Å²) in [5.41, 5.74) is 4.32. The summed E-state index contributed by atoms with van der Waals surface area (Å²) >= 11 is 0. The summed E-state index contributed by atoms with van der Waals surface area (Å²) in [7, 11) is 1.50. The van der Waals surface area contributed by atoms with E-state index in [1.165, 1.54) is 39.2 Å². The Labute approximate surface area is 75.2 Å². The minimum absolute atomic E-state index is 0.180. The minimum Gasteiger partial charge on any atom is -0.390 e. The Balaban J connectivity index is 0.000000336. The predicted molar refractivity (Wildman–Crippen MR) is 50.9 cm³/mol. The largest absolute Gasteiger partial charge is 0.390 e. The van der Waals surface area contributed by atoms with E-state index < -0.39 is 0 Å². The van der Waals surface area contributed by atoms with E-state index in [9.17, 15) is 5.11 Å². The fourth-order valence-electron chi connectivity index (χ4n) is 2.18. The van der Waals surface area contributed by atoms with Crippen molar-refractivity contribution in [2.45, 2.75) is 50.5 Å². The van der Waals surface area contributed by atoms with E-state index in [1.54, 1.807) is 0 Å². The molecule has 2 aliphatic carbocycles. The van der Waals surface area contributed by atoms with E-state index in [2.05, 4.69) is 5.73 Å². The van der Waals surface area contributed by atoms with Crippen LogP contribution in [-0.2, 0) is 0 Å². The van der Waals surface area contributed by atoms with Crippen LogP contribution >= 0.6 is 0 Å². The van der Waals surface area contributed by atoms with Gasteiger partial charge in [0.05, 0.1) is 5.60 Å². The van der Waals surface area contributed by atoms with Gasteiger partial charge in [0.1, 0.15) is 0 Å². The standard InChI is InChI=1S/C9H16O.CH5N/c10-9(6-7-9)8-4-2-1-3-5-8;1-2/h8,10H,1-7H2;2H2,1H3. The number of rotatable bonds is 1. The van der Waals surface area contributed by atoms with Crippen LogP contribution in [0.4, 0.5) is 0 Å². The molecule has 0 aromatic rings. The van der Waals surface area contributed by atoms with Gasteiger partial charge < -0.3 is 10.8 Å². The minimum atomic E-state index is -0.180. The highest BCUT2D eigenvalue weighted by Crippen LogP contribution is 2.47. The first-order valence-corrected chi connectivity index (χ1v) is 5.11. The smallest absolute Gasteiger partial charge is 0.0678 e. The molecule has 0 aromatic heterocycles. The Bertz CT molecular complexity index is 126. The Morgan fingerprint density at radius 1 is 1.08 bits per heavy atom. The van der Waals surface area contributed by atoms with Crippen molar-refractivity contribution in [1.29, 1.82) is 0 Å². The highest BCUT2D eigenvalue weighted by atomic mass is 16.3. The number of hydrogen-bond acceptors (Lipinski definition) is 2. The topological polar surface area (TPSA) is 46.2 Å². The van der Waals surface area contributed by atoms with Crippen molar-refractivity contribution < 1.29 is 5.11 Å². The summed E-state index contributed by atoms with van der Waals surface area (Å²) in [5, 5.41) is 9.75. The van der Waals surface area contributed by atoms with Gasteiger partial charge in [0.15, 0.2) is 0 Å². The fraction of sp³-hybridized carbons (Fsp3) is 1.00. The SMILES string of the molecule is CN.OC1(C2CCCCC2)CC1. The Morgan fingerprint density at radius 2 is 1.58 bits per heavy atom. The normalized spacial score (nSPS) is 27.2. The molecule has 2 heteroatoms. The second-order valence-electron chi connectivity index (χ2n) is 3.94. The first kappa shape index (κ1) is 10.0. The molecule has 0 heterocycles. The van der Waals surface area contributed by atoms with Gasteiger partial charge in [-0.05, 0) is 38.6 Å². The van der Waals surface area contributed by atoms with Gasteiger partial charge in [0.25, 0.3) is 0 Å². The van der Waals surface area contributed by atoms with Crippen molar-refractivity contribution in [3.8, 4) is 0 Å². The summed E-state index contributed by atoms with van der Waals surface area (Å²) in [6, 6.07) is 0. The van der Waals surface area contributed by atoms with Gasteiger partial charge in [-0.2, -0.15) is 0 Å². The summed E-state index contributed by atoms with van der Waals surface area (Å²) in [4.78, 5) is 0. The summed E-state index contributed by atoms with van der Waals surface area (Å²) < 4.78 is 0. The molecule has 72 valence electrons. The van der Waals surface area contributed by atoms with Crippen molar-refractivity contribution in [2.75, 3.05) is 7.05 Å². The maximum atomic E-state index is 9.75. The second-order valence-corrected chi connectivity index (χ2v) is 3.94. The zero-order chi connectivity index (χ0) is 9.03. The Hall–Kier alpha value is -0.0800. The van der Waals surface area contributed by atoms with Crippen molar-refractivity contribution in [1.82, 2.24) is 0 Å². The number of aliphatic hydroxyl groups is 1. The lowest BCUT2D eigenvalue weighted by Gasteiger charge is -2.26. The van der Waals surface area contributed by atoms with E-state index in [0.29, 0.717) is 5.92 Å². The molecule has 0 unspecified atom stereocenters. The summed E-state index contributed by atoms with van der Waals surface area (Å²) in [5.74, 6) is 0.668. The molecule has 2 nitrogen and oxygen atoms in total. The molecule has 0 radical (unpaired) electrons. The van der Waals surface area contributed by atoms with Gasteiger partial charge in [-0.25, -0.2) is 0 Å². The molecule has 2 aliphatic rings. The van der Waals surface area contributed by atoms with Gasteiger partial charge in [-0.1, -0.05) is 19.3 Å². The molecule has 2 fully saturated rings. The summed E-state index contributed by atoms with van der Waals surface area (Å²) in [6.45, 7) is 0. The molecular weight excluding hydrogens is 150 g/mol. The van der Waals surface area contributed by atoms with Gasteiger partial charge >= 0.3 is 0 Å². The molecular formula is C10H21NO. The lowest BCUT2D eigenvalue weighted by Crippen LogP contribution is -2.23. The van der Waals surface area contributed by atoms with Crippen LogP contribution in [0.15, 0.2) is 0 Å². The lowest BCUT2D eigenvalue weighted by atomic mass is 9.84. The maximum absolute atomic E-state index is 9.75. The molecule has 0 saturated heterocycles. The van der Waals surface area contributed by atoms with E-state index in [1.807, 2.05) is 0 Å². The molecule has 12 heavy (non-hydrogen) atoms. The van der Waals surface area contributed by atoms with E-state index >= 15 is 0 Å². The van der Waals surface area contributed by atoms with E-state index in [-0.39, 0.29) is 5.60 Å². The highest BCUT2D eigenvalue weighted by molar-refractivity contribution is 4.99. The average Bonchev–Trinajstić information content (AvgIpc) is 2.90. The molecule has 3 N–H and O–H groups in total. The highest BCUT2D eigenvalue weighted by Gasteiger charge is 2.47. The van der Waals surface area contributed by atoms with Gasteiger partial charge in [-0.15, -0.1) is 0 Å². The first-order valence-electron chi connectivity index (χ1n) is 5.11. The predicted octanol–water partition coefficient (Wildman–Crippen LogP) is 1.67. The van der Waals surface area contributed by atoms with Crippen molar-refractivity contribution in [3.05, 3.63) is 0 Å². The fourth-order valence-corrected chi connectivity index (χ4v) is 2.18. The number of nitrogens with two attached hydrogens (primary N) is 1. The molecule has 2 rings (SSSR count). The quantitative estimate of drug-likeness (QED) is 0.630. The van der Waals surface area contributed by atoms with Gasteiger partial charge in [0, 0.05) is 0 Å². The zero-order valence-corrected chi connectivity index (χ0v) is 8.05. The summed E-state index contributed by atoms with van der Waals surface area (Å²) in [6.07, 6.45) is 8.84. The lowest BCUT2D eigenvalue weighted by molar-refractivity contribution is 0.0608. The Kier molecular flexibility index (Phi) is 3.53. The average molecular weight is 171 g/mol. The molecule has 0 amide bonds. The van der Waals surface area contributed by atoms with Gasteiger partial charge in [0.2, 0.25) is 0 Å². The molecule has 0 aromatic carbocycles. The van der Waals surface area contributed by atoms with E-state index in [4.69, 9.17) is 0 Å². The monoisotopic (exact) mass is 171 g/mol. The zero-order valence-electron chi connectivity index (χ0n) is 8.05. The van der Waals surface area contributed by atoms with Crippen LogP contribution in [-0.4, -0.2) is 17.8 Å². The van der Waals surface area contributed by atoms with Crippen LogP contribution in [0.5, 0.6) is 0 Å². The first-order chi connectivity index (χ1) is 5.81. The van der Waals surface area contributed by atoms with Crippen LogP contribution in [0.2, 0.25) is 0 Å². The molecule has 0 aliphatic heterocycles. The third-order valence-corrected chi connectivity index (χ3v) is 3.13. The van der Waals surface area contributed by atoms with Crippen LogP contribution in [0.25, 0.3) is 0 Å². The Morgan fingerprint density at radius 3 is 2.00 bits per heavy atom. The second kappa shape index (κ2) is 4.24. The third kappa shape index (κ3) is 2.20. The van der Waals surface area contributed by atoms with Crippen molar-refractivity contribution in [2.24, 2.45) is 11.7 Å². The molecule has 0 spiro atoms. The maximum Gasteiger partial charge on any atom is 0.0678 e. The van der Waals surface area contributed by atoms with Gasteiger partial charge in [-0.3, -0.25) is 0 Å². The third-order valence-electron chi connectivity index (χ3n) is 3.13. The van der Waals surface area contributed by atoms with Crippen LogP contribution in [0.1, 0.15) is 44.9 Å². The van der Waals surface area contributed by atoms with E-state index in [0.717, 1.165) is 12.8 Å². The van der Waals surface area contributed by atoms with Crippen molar-refractivity contribution in [3.63, 3.8) is 0 Å². The van der Waals surface area contributed by atoms with Crippen LogP contribution in [0.3, 0.4) is 0 Å². The molecule has 0 bridgehead atoms. The van der Waals surface area contributed by atoms with Crippen molar-refractivity contribution >= 4 is 0 Å².